The number of aryl methyl sites for hydroxylation is 2. The van der Waals surface area contributed by atoms with E-state index in [0.29, 0.717) is 26.8 Å². The molecule has 0 radical (unpaired) electrons. The minimum absolute atomic E-state index is 0.196. The molecule has 6 nitrogen and oxygen atoms in total. The Morgan fingerprint density at radius 1 is 1.00 bits per heavy atom. The fourth-order valence-corrected chi connectivity index (χ4v) is 4.65. The first-order valence-electron chi connectivity index (χ1n) is 11.1. The molecule has 2 heterocycles. The molecule has 0 aliphatic heterocycles. The molecular weight excluding hydrogens is 483 g/mol. The van der Waals surface area contributed by atoms with Crippen LogP contribution in [0.25, 0.3) is 27.5 Å². The molecule has 8 heteroatoms. The zero-order chi connectivity index (χ0) is 24.9. The number of fused-ring (bicyclic) bond motifs is 2. The highest BCUT2D eigenvalue weighted by atomic mass is 35.5. The molecule has 2 aromatic heterocycles. The number of aromatic amines is 1. The van der Waals surface area contributed by atoms with E-state index in [4.69, 9.17) is 23.2 Å². The molecule has 0 aliphatic rings. The number of nitrogens with zero attached hydrogens (tertiary/aromatic N) is 2. The second-order valence-electron chi connectivity index (χ2n) is 8.58. The number of halogens is 2. The minimum atomic E-state index is -0.379. The lowest BCUT2D eigenvalue weighted by atomic mass is 10.0. The number of carbonyl (C=O) groups excluding carboxylic acids is 1. The highest BCUT2D eigenvalue weighted by Gasteiger charge is 2.23. The number of amides is 1. The Labute approximate surface area is 211 Å². The normalized spacial score (nSPS) is 12.3. The van der Waals surface area contributed by atoms with Crippen LogP contribution < -0.4 is 10.9 Å². The third-order valence-electron chi connectivity index (χ3n) is 6.30. The van der Waals surface area contributed by atoms with E-state index >= 15 is 0 Å². The first-order valence-corrected chi connectivity index (χ1v) is 11.9. The fraction of sp³-hybridized carbons (Fsp3) is 0.148. The number of nitrogens with one attached hydrogen (secondary N) is 2. The van der Waals surface area contributed by atoms with E-state index < -0.39 is 0 Å². The zero-order valence-electron chi connectivity index (χ0n) is 19.3. The molecule has 2 N–H and O–H groups in total. The van der Waals surface area contributed by atoms with Crippen molar-refractivity contribution in [1.82, 2.24) is 19.9 Å². The van der Waals surface area contributed by atoms with Crippen molar-refractivity contribution in [1.29, 1.82) is 0 Å². The number of aromatic nitrogens is 3. The number of carbonyl (C=O) groups is 1. The quantitative estimate of drug-likeness (QED) is 0.303. The van der Waals surface area contributed by atoms with Crippen LogP contribution in [-0.4, -0.2) is 20.5 Å². The molecule has 5 rings (SSSR count). The van der Waals surface area contributed by atoms with Gasteiger partial charge in [-0.3, -0.25) is 9.59 Å². The number of benzene rings is 3. The van der Waals surface area contributed by atoms with Crippen LogP contribution in [0.1, 0.15) is 40.3 Å². The lowest BCUT2D eigenvalue weighted by molar-refractivity contribution is 0.0934. The van der Waals surface area contributed by atoms with Crippen LogP contribution >= 0.6 is 23.2 Å². The van der Waals surface area contributed by atoms with Gasteiger partial charge in [0.15, 0.2) is 5.69 Å². The summed E-state index contributed by atoms with van der Waals surface area (Å²) in [5.74, 6) is -0.379. The summed E-state index contributed by atoms with van der Waals surface area (Å²) in [6, 6.07) is 18.9. The van der Waals surface area contributed by atoms with Crippen LogP contribution in [0.2, 0.25) is 10.0 Å². The van der Waals surface area contributed by atoms with Gasteiger partial charge in [-0.25, -0.2) is 4.52 Å². The van der Waals surface area contributed by atoms with Crippen molar-refractivity contribution < 1.29 is 4.79 Å². The van der Waals surface area contributed by atoms with Gasteiger partial charge >= 0.3 is 0 Å². The molecule has 0 fully saturated rings. The minimum Gasteiger partial charge on any atom is -0.344 e. The second kappa shape index (κ2) is 8.87. The van der Waals surface area contributed by atoms with E-state index in [0.717, 1.165) is 27.6 Å². The van der Waals surface area contributed by atoms with E-state index in [1.54, 1.807) is 29.6 Å². The van der Waals surface area contributed by atoms with Crippen LogP contribution in [0.4, 0.5) is 0 Å². The Bertz CT molecular complexity index is 1690. The van der Waals surface area contributed by atoms with Gasteiger partial charge in [0.1, 0.15) is 5.52 Å². The van der Waals surface area contributed by atoms with E-state index in [1.807, 2.05) is 56.3 Å². The van der Waals surface area contributed by atoms with Crippen molar-refractivity contribution in [3.63, 3.8) is 0 Å². The molecule has 0 spiro atoms. The monoisotopic (exact) mass is 504 g/mol. The Morgan fingerprint density at radius 2 is 1.74 bits per heavy atom. The number of rotatable bonds is 4. The van der Waals surface area contributed by atoms with Gasteiger partial charge in [-0.15, -0.1) is 0 Å². The smallest absolute Gasteiger partial charge is 0.274 e. The molecule has 176 valence electrons. The molecule has 3 aromatic carbocycles. The zero-order valence-corrected chi connectivity index (χ0v) is 20.8. The summed E-state index contributed by atoms with van der Waals surface area (Å²) in [4.78, 5) is 29.2. The Kier molecular flexibility index (Phi) is 5.87. The van der Waals surface area contributed by atoms with E-state index in [2.05, 4.69) is 15.4 Å². The van der Waals surface area contributed by atoms with Crippen molar-refractivity contribution in [2.24, 2.45) is 0 Å². The summed E-state index contributed by atoms with van der Waals surface area (Å²) in [5.41, 5.74) is 3.81. The SMILES string of the molecule is Cc1c(C(=O)NC(C)c2ccc(Cl)c(Cl)c2)nn2c(C)c(-c3ccc4ccccc4c3)[nH]c(=O)c12. The summed E-state index contributed by atoms with van der Waals surface area (Å²) in [7, 11) is 0. The van der Waals surface area contributed by atoms with Crippen LogP contribution in [-0.2, 0) is 0 Å². The molecule has 5 aromatic rings. The first kappa shape index (κ1) is 23.1. The molecular formula is C27H22Cl2N4O2. The fourth-order valence-electron chi connectivity index (χ4n) is 4.35. The van der Waals surface area contributed by atoms with Crippen molar-refractivity contribution in [3.8, 4) is 11.3 Å². The van der Waals surface area contributed by atoms with Gasteiger partial charge in [-0.05, 0) is 55.3 Å². The molecule has 1 unspecified atom stereocenters. The largest absolute Gasteiger partial charge is 0.344 e. The average Bonchev–Trinajstić information content (AvgIpc) is 3.21. The standard InChI is InChI=1S/C27H22Cl2N4O2/c1-14-23(26(34)30-15(2)18-10-11-21(28)22(29)13-18)32-33-16(3)24(31-27(35)25(14)33)20-9-8-17-6-4-5-7-19(17)12-20/h4-13,15H,1-3H3,(H,30,34)(H,31,35). The van der Waals surface area contributed by atoms with Gasteiger partial charge in [-0.2, -0.15) is 5.10 Å². The number of H-pyrrole nitrogens is 1. The average molecular weight is 505 g/mol. The molecule has 0 aliphatic carbocycles. The summed E-state index contributed by atoms with van der Waals surface area (Å²) in [6.07, 6.45) is 0. The third-order valence-corrected chi connectivity index (χ3v) is 7.04. The maximum Gasteiger partial charge on any atom is 0.274 e. The highest BCUT2D eigenvalue weighted by molar-refractivity contribution is 6.42. The van der Waals surface area contributed by atoms with E-state index in [9.17, 15) is 9.59 Å². The Hall–Kier alpha value is -3.61. The van der Waals surface area contributed by atoms with E-state index in [1.165, 1.54) is 0 Å². The lowest BCUT2D eigenvalue weighted by Gasteiger charge is -2.14. The maximum absolute atomic E-state index is 13.1. The van der Waals surface area contributed by atoms with Crippen LogP contribution in [0, 0.1) is 13.8 Å². The lowest BCUT2D eigenvalue weighted by Crippen LogP contribution is -2.27. The molecule has 35 heavy (non-hydrogen) atoms. The topological polar surface area (TPSA) is 79.3 Å². The van der Waals surface area contributed by atoms with Crippen molar-refractivity contribution in [2.45, 2.75) is 26.8 Å². The van der Waals surface area contributed by atoms with Gasteiger partial charge in [0.25, 0.3) is 11.5 Å². The van der Waals surface area contributed by atoms with Crippen LogP contribution in [0.3, 0.4) is 0 Å². The Morgan fingerprint density at radius 3 is 2.49 bits per heavy atom. The Balaban J connectivity index is 1.54. The van der Waals surface area contributed by atoms with Crippen molar-refractivity contribution in [2.75, 3.05) is 0 Å². The van der Waals surface area contributed by atoms with Gasteiger partial charge in [-0.1, -0.05) is 65.7 Å². The summed E-state index contributed by atoms with van der Waals surface area (Å²) in [5, 5.41) is 10.5. The third kappa shape index (κ3) is 4.09. The van der Waals surface area contributed by atoms with Crippen LogP contribution in [0.15, 0.2) is 65.5 Å². The molecule has 1 amide bonds. The summed E-state index contributed by atoms with van der Waals surface area (Å²) < 4.78 is 1.55. The molecule has 0 bridgehead atoms. The summed E-state index contributed by atoms with van der Waals surface area (Å²) >= 11 is 12.1. The maximum atomic E-state index is 13.1. The van der Waals surface area contributed by atoms with Crippen molar-refractivity contribution >= 4 is 45.4 Å². The highest BCUT2D eigenvalue weighted by Crippen LogP contribution is 2.27. The predicted molar refractivity (Wildman–Crippen MR) is 141 cm³/mol. The number of hydrogen-bond acceptors (Lipinski definition) is 3. The van der Waals surface area contributed by atoms with Gasteiger partial charge < -0.3 is 10.3 Å². The molecule has 1 atom stereocenters. The first-order chi connectivity index (χ1) is 16.7. The van der Waals surface area contributed by atoms with Crippen LogP contribution in [0.5, 0.6) is 0 Å². The van der Waals surface area contributed by atoms with Gasteiger partial charge in [0, 0.05) is 11.1 Å². The van der Waals surface area contributed by atoms with Gasteiger partial charge in [0.05, 0.1) is 27.5 Å². The summed E-state index contributed by atoms with van der Waals surface area (Å²) in [6.45, 7) is 5.45. The van der Waals surface area contributed by atoms with E-state index in [-0.39, 0.29) is 23.2 Å². The second-order valence-corrected chi connectivity index (χ2v) is 9.39. The predicted octanol–water partition coefficient (Wildman–Crippen LogP) is 6.26. The van der Waals surface area contributed by atoms with Gasteiger partial charge in [0.2, 0.25) is 0 Å². The molecule has 0 saturated carbocycles. The van der Waals surface area contributed by atoms with Crippen molar-refractivity contribution in [3.05, 3.63) is 104 Å². The molecule has 0 saturated heterocycles. The number of hydrogen-bond donors (Lipinski definition) is 2.